The summed E-state index contributed by atoms with van der Waals surface area (Å²) in [4.78, 5) is 0. The monoisotopic (exact) mass is 439 g/mol. The van der Waals surface area contributed by atoms with Crippen LogP contribution in [0.3, 0.4) is 0 Å². The van der Waals surface area contributed by atoms with E-state index >= 15 is 0 Å². The van der Waals surface area contributed by atoms with Gasteiger partial charge in [-0.15, -0.1) is 0 Å². The summed E-state index contributed by atoms with van der Waals surface area (Å²) < 4.78 is 0.667. The first-order valence-corrected chi connectivity index (χ1v) is 12.1. The van der Waals surface area contributed by atoms with Crippen molar-refractivity contribution < 1.29 is 49.5 Å². The fraction of sp³-hybridized carbons (Fsp3) is 0.263. The van der Waals surface area contributed by atoms with Crippen LogP contribution in [0.5, 0.6) is 0 Å². The van der Waals surface area contributed by atoms with Crippen LogP contribution in [0.2, 0.25) is 13.1 Å². The van der Waals surface area contributed by atoms with Gasteiger partial charge in [-0.05, 0) is 0 Å². The molecule has 1 unspecified atom stereocenters. The molecule has 121 valence electrons. The Hall–Kier alpha value is -0.140. The van der Waals surface area contributed by atoms with Crippen LogP contribution in [0, 0.1) is 0 Å². The van der Waals surface area contributed by atoms with Gasteiger partial charge in [0.15, 0.2) is 0 Å². The smallest absolute Gasteiger partial charge is 0.0135 e. The molecule has 0 heterocycles. The molecule has 23 heavy (non-hydrogen) atoms. The molecule has 0 saturated carbocycles. The second-order valence-corrected chi connectivity index (χ2v) is 8.22. The van der Waals surface area contributed by atoms with Gasteiger partial charge in [-0.2, -0.15) is 0 Å². The van der Waals surface area contributed by atoms with Crippen LogP contribution in [0.4, 0.5) is 0 Å². The zero-order valence-electron chi connectivity index (χ0n) is 13.9. The van der Waals surface area contributed by atoms with Crippen molar-refractivity contribution in [2.24, 2.45) is 0 Å². The molecule has 2 aromatic carbocycles. The van der Waals surface area contributed by atoms with Crippen molar-refractivity contribution in [3.05, 3.63) is 65.2 Å². The van der Waals surface area contributed by atoms with E-state index in [2.05, 4.69) is 74.6 Å². The maximum absolute atomic E-state index is 2.41. The molecule has 1 aliphatic rings. The van der Waals surface area contributed by atoms with Crippen molar-refractivity contribution in [3.63, 3.8) is 0 Å². The first kappa shape index (κ1) is 22.9. The van der Waals surface area contributed by atoms with Crippen LogP contribution in [-0.4, -0.2) is 9.52 Å². The summed E-state index contributed by atoms with van der Waals surface area (Å²) in [5.74, 6) is 0. The number of benzene rings is 2. The standard InChI is InChI=1S/C17H15.C2H8Si.2ClH.Zr/c1-2-13-11-15-9-6-10-16(17(15)12-13)14-7-4-3-5-8-14;1-3-2;;;/h3-12H,2H2,1H3;3H2,1-2H3;2*1H;/q;;;;+2/p-2. The second kappa shape index (κ2) is 11.4. The zero-order chi connectivity index (χ0) is 15.2. The Bertz CT molecular complexity index is 627. The van der Waals surface area contributed by atoms with Crippen LogP contribution < -0.4 is 24.8 Å². The molecule has 0 radical (unpaired) electrons. The van der Waals surface area contributed by atoms with Crippen LogP contribution >= 0.6 is 0 Å². The van der Waals surface area contributed by atoms with Crippen molar-refractivity contribution in [2.45, 2.75) is 30.1 Å². The molecular formula is C19H23Cl2SiZr. The van der Waals surface area contributed by atoms with Gasteiger partial charge in [-0.1, -0.05) is 13.1 Å². The van der Waals surface area contributed by atoms with E-state index in [0.717, 1.165) is 0 Å². The Balaban J connectivity index is 0.000000902. The van der Waals surface area contributed by atoms with Crippen molar-refractivity contribution in [3.8, 4) is 11.1 Å². The molecule has 1 aliphatic carbocycles. The van der Waals surface area contributed by atoms with E-state index in [1.165, 1.54) is 28.7 Å². The topological polar surface area (TPSA) is 0 Å². The molecule has 3 rings (SSSR count). The van der Waals surface area contributed by atoms with E-state index in [4.69, 9.17) is 0 Å². The quantitative estimate of drug-likeness (QED) is 0.525. The number of halogens is 2. The summed E-state index contributed by atoms with van der Waals surface area (Å²) >= 11 is 1.60. The second-order valence-electron chi connectivity index (χ2n) is 5.39. The molecule has 0 spiro atoms. The molecule has 0 fully saturated rings. The van der Waals surface area contributed by atoms with Gasteiger partial charge in [0, 0.05) is 9.52 Å². The fourth-order valence-corrected chi connectivity index (χ4v) is 3.97. The van der Waals surface area contributed by atoms with Gasteiger partial charge in [-0.3, -0.25) is 0 Å². The molecular weight excluding hydrogens is 418 g/mol. The summed E-state index contributed by atoms with van der Waals surface area (Å²) in [6.07, 6.45) is 3.58. The third-order valence-corrected chi connectivity index (χ3v) is 5.32. The van der Waals surface area contributed by atoms with Gasteiger partial charge in [0.05, 0.1) is 0 Å². The zero-order valence-corrected chi connectivity index (χ0v) is 19.3. The minimum absolute atomic E-state index is 0. The van der Waals surface area contributed by atoms with E-state index in [1.807, 2.05) is 0 Å². The van der Waals surface area contributed by atoms with Gasteiger partial charge >= 0.3 is 124 Å². The predicted molar refractivity (Wildman–Crippen MR) is 93.2 cm³/mol. The Morgan fingerprint density at radius 3 is 2.13 bits per heavy atom. The van der Waals surface area contributed by atoms with E-state index in [1.54, 1.807) is 30.3 Å². The summed E-state index contributed by atoms with van der Waals surface area (Å²) in [7, 11) is 0.417. The maximum Gasteiger partial charge on any atom is 0.0135 e. The van der Waals surface area contributed by atoms with Gasteiger partial charge in [0.25, 0.3) is 0 Å². The van der Waals surface area contributed by atoms with Crippen molar-refractivity contribution >= 4 is 15.6 Å². The fourth-order valence-electron chi connectivity index (χ4n) is 2.64. The Morgan fingerprint density at radius 2 is 1.57 bits per heavy atom. The van der Waals surface area contributed by atoms with E-state index < -0.39 is 0 Å². The number of rotatable bonds is 2. The Labute approximate surface area is 170 Å². The number of hydrogen-bond acceptors (Lipinski definition) is 0. The summed E-state index contributed by atoms with van der Waals surface area (Å²) in [5.41, 5.74) is 7.26. The largest absolute Gasteiger partial charge is 1.00 e. The summed E-state index contributed by atoms with van der Waals surface area (Å²) in [6.45, 7) is 6.79. The molecule has 0 bridgehead atoms. The molecule has 4 heteroatoms. The predicted octanol–water partition coefficient (Wildman–Crippen LogP) is -0.992. The molecule has 0 N–H and O–H groups in total. The normalized spacial score (nSPS) is 14.5. The third kappa shape index (κ3) is 5.43. The van der Waals surface area contributed by atoms with Crippen LogP contribution in [0.1, 0.15) is 28.1 Å². The van der Waals surface area contributed by atoms with Crippen LogP contribution in [0.25, 0.3) is 17.2 Å². The number of hydrogen-bond donors (Lipinski definition) is 0. The molecule has 0 nitrogen and oxygen atoms in total. The third-order valence-electron chi connectivity index (χ3n) is 3.64. The van der Waals surface area contributed by atoms with E-state index in [9.17, 15) is 0 Å². The van der Waals surface area contributed by atoms with Crippen molar-refractivity contribution in [2.75, 3.05) is 0 Å². The van der Waals surface area contributed by atoms with Gasteiger partial charge in [0.1, 0.15) is 0 Å². The molecule has 0 aromatic heterocycles. The average Bonchev–Trinajstić information content (AvgIpc) is 2.85. The SMILES string of the molecule is CCC1=Cc2c(-c3ccccc3)cccc2[CH]1[Zr+2].C[SiH2]C.[Cl-].[Cl-]. The Kier molecular flexibility index (Phi) is 11.4. The minimum Gasteiger partial charge on any atom is -1.00 e. The minimum atomic E-state index is 0. The average molecular weight is 442 g/mol. The Morgan fingerprint density at radius 1 is 0.957 bits per heavy atom. The van der Waals surface area contributed by atoms with Gasteiger partial charge in [-0.25, -0.2) is 0 Å². The molecule has 2 aromatic rings. The van der Waals surface area contributed by atoms with Gasteiger partial charge < -0.3 is 24.8 Å². The summed E-state index contributed by atoms with van der Waals surface area (Å²) in [6, 6.07) is 17.4. The van der Waals surface area contributed by atoms with Crippen molar-refractivity contribution in [1.29, 1.82) is 0 Å². The molecule has 0 saturated heterocycles. The number of fused-ring (bicyclic) bond motifs is 1. The summed E-state index contributed by atoms with van der Waals surface area (Å²) in [5, 5.41) is 0. The van der Waals surface area contributed by atoms with E-state index in [-0.39, 0.29) is 24.8 Å². The molecule has 0 amide bonds. The molecule has 0 aliphatic heterocycles. The van der Waals surface area contributed by atoms with Crippen LogP contribution in [-0.2, 0) is 24.7 Å². The first-order valence-electron chi connectivity index (χ1n) is 7.82. The van der Waals surface area contributed by atoms with Crippen molar-refractivity contribution in [1.82, 2.24) is 0 Å². The van der Waals surface area contributed by atoms with E-state index in [0.29, 0.717) is 13.1 Å². The van der Waals surface area contributed by atoms with Crippen LogP contribution in [0.15, 0.2) is 54.1 Å². The molecule has 1 atom stereocenters. The number of allylic oxidation sites excluding steroid dienone is 1. The van der Waals surface area contributed by atoms with Gasteiger partial charge in [0.2, 0.25) is 0 Å². The first-order chi connectivity index (χ1) is 10.2. The maximum atomic E-state index is 2.41.